The molecule has 12 heteroatoms. The first-order valence-corrected chi connectivity index (χ1v) is 16.9. The molecule has 1 N–H and O–H groups in total. The zero-order valence-electron chi connectivity index (χ0n) is 29.8. The summed E-state index contributed by atoms with van der Waals surface area (Å²) < 4.78 is 48.7. The van der Waals surface area contributed by atoms with E-state index in [9.17, 15) is 18.8 Å². The van der Waals surface area contributed by atoms with Crippen LogP contribution in [0.3, 0.4) is 0 Å². The average Bonchev–Trinajstić information content (AvgIpc) is 3.48. The van der Waals surface area contributed by atoms with Crippen molar-refractivity contribution < 1.29 is 37.4 Å². The van der Waals surface area contributed by atoms with Crippen LogP contribution in [0.15, 0.2) is 36.4 Å². The van der Waals surface area contributed by atoms with Crippen molar-refractivity contribution in [3.8, 4) is 17.0 Å². The molecule has 1 aliphatic rings. The van der Waals surface area contributed by atoms with E-state index in [2.05, 4.69) is 10.4 Å². The molecule has 0 aliphatic carbocycles. The predicted molar refractivity (Wildman–Crippen MR) is 183 cm³/mol. The summed E-state index contributed by atoms with van der Waals surface area (Å²) in [6, 6.07) is 8.38. The van der Waals surface area contributed by atoms with Crippen LogP contribution in [-0.2, 0) is 31.9 Å². The normalized spacial score (nSPS) is 15.1. The summed E-state index contributed by atoms with van der Waals surface area (Å²) in [5.74, 6) is -2.15. The molecule has 50 heavy (non-hydrogen) atoms. The Morgan fingerprint density at radius 3 is 2.44 bits per heavy atom. The van der Waals surface area contributed by atoms with Gasteiger partial charge in [0, 0.05) is 34.9 Å². The van der Waals surface area contributed by atoms with Crippen molar-refractivity contribution in [3.63, 3.8) is 0 Å². The summed E-state index contributed by atoms with van der Waals surface area (Å²) >= 11 is 0. The Balaban J connectivity index is 1.63. The molecule has 1 aliphatic heterocycles. The Bertz CT molecular complexity index is 1930. The third kappa shape index (κ3) is 7.85. The third-order valence-electron chi connectivity index (χ3n) is 8.62. The molecule has 0 fully saturated rings. The number of halogens is 2. The van der Waals surface area contributed by atoms with Crippen molar-refractivity contribution in [1.82, 2.24) is 19.9 Å². The number of nitrogens with zero attached hydrogens (tertiary/aromatic N) is 3. The van der Waals surface area contributed by atoms with E-state index in [0.717, 1.165) is 5.56 Å². The van der Waals surface area contributed by atoms with Crippen LogP contribution >= 0.6 is 0 Å². The third-order valence-corrected chi connectivity index (χ3v) is 8.62. The van der Waals surface area contributed by atoms with E-state index in [4.69, 9.17) is 19.2 Å². The zero-order chi connectivity index (χ0) is 36.5. The van der Waals surface area contributed by atoms with Gasteiger partial charge in [0.15, 0.2) is 34.8 Å². The van der Waals surface area contributed by atoms with Gasteiger partial charge in [-0.05, 0) is 89.6 Å². The molecule has 2 aromatic heterocycles. The maximum absolute atomic E-state index is 16.1. The van der Waals surface area contributed by atoms with Gasteiger partial charge in [0.25, 0.3) is 5.91 Å². The Morgan fingerprint density at radius 1 is 1.10 bits per heavy atom. The molecule has 4 aromatic rings. The fraction of sp³-hybridized carbons (Fsp3) is 0.447. The summed E-state index contributed by atoms with van der Waals surface area (Å²) in [4.78, 5) is 44.3. The van der Waals surface area contributed by atoms with E-state index < -0.39 is 35.2 Å². The monoisotopic (exact) mass is 690 g/mol. The number of benzene rings is 2. The van der Waals surface area contributed by atoms with Crippen molar-refractivity contribution in [2.45, 2.75) is 92.5 Å². The van der Waals surface area contributed by atoms with Gasteiger partial charge < -0.3 is 19.5 Å². The SMILES string of the molecule is CCOC(=O)C(OC(C)(C)C)c1c(C)nc2cc(C(=O)NCC(=O)Cc3ccc(F)cc3)nn2c1-c1cc(F)c2c(c1C)CCC(C(C)C)O2. The summed E-state index contributed by atoms with van der Waals surface area (Å²) in [6.45, 7) is 14.6. The molecular formula is C38H44F2N4O6. The molecule has 10 nitrogen and oxygen atoms in total. The molecular weight excluding hydrogens is 646 g/mol. The molecule has 2 atom stereocenters. The van der Waals surface area contributed by atoms with Crippen LogP contribution < -0.4 is 10.1 Å². The standard InChI is InChI=1S/C38H44F2N4O6/c1-9-48-37(47)35(50-38(6,7)8)32-22(5)42-31-18-29(36(46)41-19-25(45)16-23-10-12-24(39)13-11-23)43-44(31)33(32)27-17-28(40)34-26(21(27)4)14-15-30(49-34)20(2)3/h10-13,17-18,20,30,35H,9,14-16,19H2,1-8H3,(H,41,46). The molecule has 0 bridgehead atoms. The van der Waals surface area contributed by atoms with Crippen molar-refractivity contribution >= 4 is 23.3 Å². The number of ketones is 1. The van der Waals surface area contributed by atoms with E-state index in [0.29, 0.717) is 46.5 Å². The smallest absolute Gasteiger partial charge is 0.340 e. The molecule has 0 saturated carbocycles. The Labute approximate surface area is 290 Å². The van der Waals surface area contributed by atoms with Crippen LogP contribution in [0.5, 0.6) is 5.75 Å². The van der Waals surface area contributed by atoms with E-state index in [-0.39, 0.29) is 54.5 Å². The van der Waals surface area contributed by atoms with E-state index in [1.165, 1.54) is 40.9 Å². The highest BCUT2D eigenvalue weighted by molar-refractivity contribution is 5.96. The summed E-state index contributed by atoms with van der Waals surface area (Å²) in [5, 5.41) is 7.19. The number of esters is 1. The summed E-state index contributed by atoms with van der Waals surface area (Å²) in [7, 11) is 0. The first kappa shape index (κ1) is 36.6. The van der Waals surface area contributed by atoms with Gasteiger partial charge in [-0.3, -0.25) is 9.59 Å². The summed E-state index contributed by atoms with van der Waals surface area (Å²) in [5.41, 5.74) is 2.90. The van der Waals surface area contributed by atoms with Crippen LogP contribution in [0.2, 0.25) is 0 Å². The van der Waals surface area contributed by atoms with Crippen molar-refractivity contribution in [2.24, 2.45) is 5.92 Å². The number of rotatable bonds is 11. The molecule has 0 radical (unpaired) electrons. The van der Waals surface area contributed by atoms with Gasteiger partial charge in [-0.15, -0.1) is 0 Å². The molecule has 3 heterocycles. The minimum absolute atomic E-state index is 0.00775. The number of amides is 1. The largest absolute Gasteiger partial charge is 0.487 e. The van der Waals surface area contributed by atoms with E-state index in [1.54, 1.807) is 34.6 Å². The number of nitrogens with one attached hydrogen (secondary N) is 1. The lowest BCUT2D eigenvalue weighted by molar-refractivity contribution is -0.166. The van der Waals surface area contributed by atoms with Crippen molar-refractivity contribution in [1.29, 1.82) is 0 Å². The second-order valence-corrected chi connectivity index (χ2v) is 13.9. The van der Waals surface area contributed by atoms with Crippen molar-refractivity contribution in [2.75, 3.05) is 13.2 Å². The highest BCUT2D eigenvalue weighted by Crippen LogP contribution is 2.43. The molecule has 2 aromatic carbocycles. The number of fused-ring (bicyclic) bond motifs is 2. The fourth-order valence-corrected chi connectivity index (χ4v) is 6.19. The number of Topliss-reactive ketones (excluding diaryl/α,β-unsaturated/α-hetero) is 1. The van der Waals surface area contributed by atoms with Gasteiger partial charge in [0.05, 0.1) is 24.4 Å². The molecule has 2 unspecified atom stereocenters. The molecule has 1 amide bonds. The maximum Gasteiger partial charge on any atom is 0.340 e. The van der Waals surface area contributed by atoms with Crippen LogP contribution in [0, 0.1) is 31.4 Å². The topological polar surface area (TPSA) is 121 Å². The van der Waals surface area contributed by atoms with E-state index >= 15 is 4.39 Å². The second-order valence-electron chi connectivity index (χ2n) is 13.9. The predicted octanol–water partition coefficient (Wildman–Crippen LogP) is 6.60. The van der Waals surface area contributed by atoms with Gasteiger partial charge in [-0.25, -0.2) is 23.1 Å². The molecule has 266 valence electrons. The molecule has 0 saturated heterocycles. The molecule has 5 rings (SSSR count). The lowest BCUT2D eigenvalue weighted by atomic mass is 9.88. The lowest BCUT2D eigenvalue weighted by Crippen LogP contribution is -2.31. The van der Waals surface area contributed by atoms with Gasteiger partial charge in [-0.2, -0.15) is 5.10 Å². The minimum Gasteiger partial charge on any atom is -0.487 e. The second kappa shape index (κ2) is 14.6. The van der Waals surface area contributed by atoms with Gasteiger partial charge in [0.2, 0.25) is 0 Å². The quantitative estimate of drug-likeness (QED) is 0.175. The highest BCUT2D eigenvalue weighted by atomic mass is 19.1. The number of aryl methyl sites for hydroxylation is 1. The number of carbonyl (C=O) groups excluding carboxylic acids is 3. The van der Waals surface area contributed by atoms with E-state index in [1.807, 2.05) is 20.8 Å². The Hall–Kier alpha value is -4.71. The average molecular weight is 691 g/mol. The molecule has 0 spiro atoms. The van der Waals surface area contributed by atoms with Gasteiger partial charge in [0.1, 0.15) is 11.9 Å². The van der Waals surface area contributed by atoms with Crippen LogP contribution in [0.1, 0.15) is 92.5 Å². The Morgan fingerprint density at radius 2 is 1.80 bits per heavy atom. The highest BCUT2D eigenvalue weighted by Gasteiger charge is 2.36. The van der Waals surface area contributed by atoms with Gasteiger partial charge in [-0.1, -0.05) is 26.0 Å². The first-order chi connectivity index (χ1) is 23.6. The first-order valence-electron chi connectivity index (χ1n) is 16.9. The number of carbonyl (C=O) groups is 3. The number of aromatic nitrogens is 3. The van der Waals surface area contributed by atoms with Crippen LogP contribution in [0.25, 0.3) is 16.9 Å². The number of ether oxygens (including phenoxy) is 3. The minimum atomic E-state index is -1.27. The van der Waals surface area contributed by atoms with Crippen LogP contribution in [0.4, 0.5) is 8.78 Å². The van der Waals surface area contributed by atoms with Crippen LogP contribution in [-0.4, -0.2) is 57.1 Å². The number of hydrogen-bond donors (Lipinski definition) is 1. The zero-order valence-corrected chi connectivity index (χ0v) is 29.8. The fourth-order valence-electron chi connectivity index (χ4n) is 6.19. The van der Waals surface area contributed by atoms with Crippen molar-refractivity contribution in [3.05, 3.63) is 81.7 Å². The Kier molecular flexibility index (Phi) is 10.7. The maximum atomic E-state index is 16.1. The number of hydrogen-bond acceptors (Lipinski definition) is 8. The van der Waals surface area contributed by atoms with Gasteiger partial charge >= 0.3 is 5.97 Å². The lowest BCUT2D eigenvalue weighted by Gasteiger charge is -2.32. The summed E-state index contributed by atoms with van der Waals surface area (Å²) in [6.07, 6.45) is -0.108.